The van der Waals surface area contributed by atoms with E-state index in [1.165, 1.54) is 0 Å². The molecular weight excluding hydrogens is 244 g/mol. The van der Waals surface area contributed by atoms with E-state index in [4.69, 9.17) is 5.11 Å². The summed E-state index contributed by atoms with van der Waals surface area (Å²) < 4.78 is 0. The van der Waals surface area contributed by atoms with Gasteiger partial charge in [-0.1, -0.05) is 18.9 Å². The number of pyridine rings is 1. The summed E-state index contributed by atoms with van der Waals surface area (Å²) >= 11 is 0. The van der Waals surface area contributed by atoms with Gasteiger partial charge in [0.05, 0.1) is 24.1 Å². The molecule has 19 heavy (non-hydrogen) atoms. The smallest absolute Gasteiger partial charge is 0.307 e. The van der Waals surface area contributed by atoms with Gasteiger partial charge in [-0.25, -0.2) is 0 Å². The first-order valence-corrected chi connectivity index (χ1v) is 6.59. The Kier molecular flexibility index (Phi) is 4.49. The number of rotatable bonds is 4. The molecule has 0 unspecified atom stereocenters. The number of amides is 1. The van der Waals surface area contributed by atoms with Crippen LogP contribution in [0.1, 0.15) is 31.4 Å². The van der Waals surface area contributed by atoms with Crippen LogP contribution in [0.15, 0.2) is 24.4 Å². The third-order valence-electron chi connectivity index (χ3n) is 3.59. The summed E-state index contributed by atoms with van der Waals surface area (Å²) in [7, 11) is 0. The van der Waals surface area contributed by atoms with Crippen LogP contribution in [-0.4, -0.2) is 22.0 Å². The van der Waals surface area contributed by atoms with Gasteiger partial charge in [0.2, 0.25) is 5.91 Å². The molecule has 1 aliphatic carbocycles. The molecule has 1 aromatic rings. The van der Waals surface area contributed by atoms with Crippen LogP contribution in [0, 0.1) is 11.8 Å². The van der Waals surface area contributed by atoms with E-state index in [0.717, 1.165) is 18.5 Å². The van der Waals surface area contributed by atoms with E-state index in [-0.39, 0.29) is 5.91 Å². The molecule has 0 aliphatic heterocycles. The van der Waals surface area contributed by atoms with Gasteiger partial charge in [-0.2, -0.15) is 0 Å². The van der Waals surface area contributed by atoms with E-state index in [0.29, 0.717) is 19.4 Å². The van der Waals surface area contributed by atoms with Crippen LogP contribution in [0.5, 0.6) is 0 Å². The van der Waals surface area contributed by atoms with Gasteiger partial charge < -0.3 is 10.4 Å². The fourth-order valence-electron chi connectivity index (χ4n) is 2.55. The summed E-state index contributed by atoms with van der Waals surface area (Å²) in [5.74, 6) is -1.98. The molecule has 1 fully saturated rings. The summed E-state index contributed by atoms with van der Waals surface area (Å²) in [5.41, 5.74) is 0.776. The zero-order valence-corrected chi connectivity index (χ0v) is 10.7. The molecule has 2 rings (SSSR count). The lowest BCUT2D eigenvalue weighted by Gasteiger charge is -2.27. The van der Waals surface area contributed by atoms with Crippen molar-refractivity contribution < 1.29 is 14.7 Å². The highest BCUT2D eigenvalue weighted by Crippen LogP contribution is 2.30. The fraction of sp³-hybridized carbons (Fsp3) is 0.500. The van der Waals surface area contributed by atoms with Crippen LogP contribution in [0.4, 0.5) is 0 Å². The molecule has 0 radical (unpaired) electrons. The van der Waals surface area contributed by atoms with Crippen molar-refractivity contribution in [3.63, 3.8) is 0 Å². The quantitative estimate of drug-likeness (QED) is 0.863. The molecule has 2 atom stereocenters. The highest BCUT2D eigenvalue weighted by atomic mass is 16.4. The molecule has 1 aliphatic rings. The average molecular weight is 262 g/mol. The zero-order valence-electron chi connectivity index (χ0n) is 10.7. The number of carboxylic acids is 1. The Morgan fingerprint density at radius 2 is 2.00 bits per heavy atom. The normalized spacial score (nSPS) is 22.7. The van der Waals surface area contributed by atoms with Gasteiger partial charge in [-0.3, -0.25) is 14.6 Å². The Labute approximate surface area is 112 Å². The monoisotopic (exact) mass is 262 g/mol. The summed E-state index contributed by atoms with van der Waals surface area (Å²) in [5, 5.41) is 11.9. The van der Waals surface area contributed by atoms with Gasteiger partial charge in [0, 0.05) is 6.20 Å². The van der Waals surface area contributed by atoms with Crippen molar-refractivity contribution in [2.24, 2.45) is 11.8 Å². The van der Waals surface area contributed by atoms with Crippen LogP contribution >= 0.6 is 0 Å². The van der Waals surface area contributed by atoms with Crippen LogP contribution in [-0.2, 0) is 16.1 Å². The summed E-state index contributed by atoms with van der Waals surface area (Å²) in [6, 6.07) is 5.50. The second kappa shape index (κ2) is 6.31. The van der Waals surface area contributed by atoms with Crippen molar-refractivity contribution >= 4 is 11.9 Å². The predicted molar refractivity (Wildman–Crippen MR) is 69.2 cm³/mol. The van der Waals surface area contributed by atoms with Gasteiger partial charge in [0.1, 0.15) is 0 Å². The first kappa shape index (κ1) is 13.5. The molecule has 1 heterocycles. The average Bonchev–Trinajstić information content (AvgIpc) is 2.46. The number of carboxylic acid groups (broad SMARTS) is 1. The minimum absolute atomic E-state index is 0.169. The zero-order chi connectivity index (χ0) is 13.7. The summed E-state index contributed by atoms with van der Waals surface area (Å²) in [6.07, 6.45) is 4.73. The second-order valence-corrected chi connectivity index (χ2v) is 4.87. The molecular formula is C14H18N2O3. The van der Waals surface area contributed by atoms with Crippen molar-refractivity contribution in [2.45, 2.75) is 32.2 Å². The highest BCUT2D eigenvalue weighted by Gasteiger charge is 2.35. The maximum atomic E-state index is 12.1. The van der Waals surface area contributed by atoms with Crippen molar-refractivity contribution in [1.29, 1.82) is 0 Å². The van der Waals surface area contributed by atoms with E-state index < -0.39 is 17.8 Å². The Morgan fingerprint density at radius 1 is 1.26 bits per heavy atom. The van der Waals surface area contributed by atoms with Gasteiger partial charge in [-0.15, -0.1) is 0 Å². The number of aromatic nitrogens is 1. The Balaban J connectivity index is 1.93. The number of aliphatic carboxylic acids is 1. The van der Waals surface area contributed by atoms with Gasteiger partial charge >= 0.3 is 5.97 Å². The van der Waals surface area contributed by atoms with Crippen molar-refractivity contribution in [3.8, 4) is 0 Å². The Morgan fingerprint density at radius 3 is 2.63 bits per heavy atom. The van der Waals surface area contributed by atoms with Gasteiger partial charge in [-0.05, 0) is 25.0 Å². The number of hydrogen-bond acceptors (Lipinski definition) is 3. The number of nitrogens with zero attached hydrogens (tertiary/aromatic N) is 1. The van der Waals surface area contributed by atoms with Gasteiger partial charge in [0.15, 0.2) is 0 Å². The molecule has 5 heteroatoms. The number of hydrogen-bond donors (Lipinski definition) is 2. The fourth-order valence-corrected chi connectivity index (χ4v) is 2.55. The molecule has 2 N–H and O–H groups in total. The minimum Gasteiger partial charge on any atom is -0.481 e. The number of carbonyl (C=O) groups is 2. The summed E-state index contributed by atoms with van der Waals surface area (Å²) in [4.78, 5) is 27.4. The first-order chi connectivity index (χ1) is 9.18. The van der Waals surface area contributed by atoms with Gasteiger partial charge in [0.25, 0.3) is 0 Å². The van der Waals surface area contributed by atoms with Crippen molar-refractivity contribution in [1.82, 2.24) is 10.3 Å². The van der Waals surface area contributed by atoms with Crippen LogP contribution in [0.25, 0.3) is 0 Å². The molecule has 1 saturated carbocycles. The Bertz CT molecular complexity index is 447. The number of nitrogens with one attached hydrogen (secondary N) is 1. The molecule has 102 valence electrons. The maximum absolute atomic E-state index is 12.1. The molecule has 0 saturated heterocycles. The first-order valence-electron chi connectivity index (χ1n) is 6.59. The predicted octanol–water partition coefficient (Wildman–Crippen LogP) is 1.59. The lowest BCUT2D eigenvalue weighted by molar-refractivity contribution is -0.148. The molecule has 1 amide bonds. The largest absolute Gasteiger partial charge is 0.481 e. The number of carbonyl (C=O) groups excluding carboxylic acids is 1. The van der Waals surface area contributed by atoms with Crippen LogP contribution in [0.3, 0.4) is 0 Å². The molecule has 0 spiro atoms. The Hall–Kier alpha value is -1.91. The lowest BCUT2D eigenvalue weighted by Crippen LogP contribution is -2.39. The molecule has 5 nitrogen and oxygen atoms in total. The highest BCUT2D eigenvalue weighted by molar-refractivity contribution is 5.84. The second-order valence-electron chi connectivity index (χ2n) is 4.87. The molecule has 0 bridgehead atoms. The SMILES string of the molecule is O=C(NCc1ccccn1)[C@H]1CCCC[C@H]1C(=O)O. The van der Waals surface area contributed by atoms with Crippen molar-refractivity contribution in [3.05, 3.63) is 30.1 Å². The molecule has 1 aromatic heterocycles. The van der Waals surface area contributed by atoms with Crippen molar-refractivity contribution in [2.75, 3.05) is 0 Å². The third-order valence-corrected chi connectivity index (χ3v) is 3.59. The lowest BCUT2D eigenvalue weighted by atomic mass is 9.78. The summed E-state index contributed by atoms with van der Waals surface area (Å²) in [6.45, 7) is 0.350. The van der Waals surface area contributed by atoms with E-state index in [1.54, 1.807) is 6.20 Å². The standard InChI is InChI=1S/C14H18N2O3/c17-13(16-9-10-5-3-4-8-15-10)11-6-1-2-7-12(11)14(18)19/h3-5,8,11-12H,1-2,6-7,9H2,(H,16,17)(H,18,19)/t11-,12+/m0/s1. The third kappa shape index (κ3) is 3.53. The topological polar surface area (TPSA) is 79.3 Å². The minimum atomic E-state index is -0.863. The van der Waals surface area contributed by atoms with Crippen LogP contribution < -0.4 is 5.32 Å². The van der Waals surface area contributed by atoms with E-state index >= 15 is 0 Å². The molecule has 0 aromatic carbocycles. The maximum Gasteiger partial charge on any atom is 0.307 e. The van der Waals surface area contributed by atoms with E-state index in [1.807, 2.05) is 18.2 Å². The van der Waals surface area contributed by atoms with E-state index in [2.05, 4.69) is 10.3 Å². The van der Waals surface area contributed by atoms with Crippen LogP contribution in [0.2, 0.25) is 0 Å². The van der Waals surface area contributed by atoms with E-state index in [9.17, 15) is 9.59 Å².